The van der Waals surface area contributed by atoms with Crippen molar-refractivity contribution in [2.45, 2.75) is 20.3 Å². The Labute approximate surface area is 163 Å². The second-order valence-electron chi connectivity index (χ2n) is 6.30. The van der Waals surface area contributed by atoms with Gasteiger partial charge in [0.25, 0.3) is 5.91 Å². The van der Waals surface area contributed by atoms with Crippen LogP contribution in [0.2, 0.25) is 5.02 Å². The Morgan fingerprint density at radius 3 is 2.56 bits per heavy atom. The summed E-state index contributed by atoms with van der Waals surface area (Å²) in [6, 6.07) is 17.3. The van der Waals surface area contributed by atoms with E-state index in [0.717, 1.165) is 17.7 Å². The molecule has 0 aliphatic carbocycles. The summed E-state index contributed by atoms with van der Waals surface area (Å²) in [5.74, 6) is 0.143. The van der Waals surface area contributed by atoms with Gasteiger partial charge < -0.3 is 10.6 Å². The van der Waals surface area contributed by atoms with E-state index in [2.05, 4.69) is 20.6 Å². The largest absolute Gasteiger partial charge is 0.350 e. The van der Waals surface area contributed by atoms with Crippen LogP contribution in [0.25, 0.3) is 0 Å². The maximum absolute atomic E-state index is 12.4. The lowest BCUT2D eigenvalue weighted by molar-refractivity contribution is 0.0949. The van der Waals surface area contributed by atoms with Crippen LogP contribution in [-0.4, -0.2) is 22.4 Å². The van der Waals surface area contributed by atoms with Crippen LogP contribution in [0.5, 0.6) is 0 Å². The topological polar surface area (TPSA) is 66.9 Å². The lowest BCUT2D eigenvalue weighted by Crippen LogP contribution is -2.27. The number of nitrogens with zero attached hydrogens (tertiary/aromatic N) is 2. The molecule has 1 aromatic heterocycles. The summed E-state index contributed by atoms with van der Waals surface area (Å²) in [6.07, 6.45) is 0.767. The van der Waals surface area contributed by atoms with E-state index in [-0.39, 0.29) is 5.91 Å². The number of benzene rings is 2. The van der Waals surface area contributed by atoms with Gasteiger partial charge in [-0.05, 0) is 49.6 Å². The summed E-state index contributed by atoms with van der Waals surface area (Å²) in [6.45, 7) is 4.31. The van der Waals surface area contributed by atoms with Crippen molar-refractivity contribution in [1.29, 1.82) is 0 Å². The van der Waals surface area contributed by atoms with Crippen LogP contribution in [0.4, 0.5) is 11.6 Å². The zero-order valence-corrected chi connectivity index (χ0v) is 16.0. The minimum Gasteiger partial charge on any atom is -0.350 e. The van der Waals surface area contributed by atoms with Crippen molar-refractivity contribution in [3.05, 3.63) is 82.1 Å². The number of hydrogen-bond donors (Lipinski definition) is 2. The normalized spacial score (nSPS) is 10.5. The molecular weight excluding hydrogens is 360 g/mol. The maximum Gasteiger partial charge on any atom is 0.270 e. The molecule has 0 radical (unpaired) electrons. The first-order valence-corrected chi connectivity index (χ1v) is 9.10. The second-order valence-corrected chi connectivity index (χ2v) is 6.71. The summed E-state index contributed by atoms with van der Waals surface area (Å²) in [4.78, 5) is 21.1. The number of amides is 1. The van der Waals surface area contributed by atoms with Gasteiger partial charge in [0.1, 0.15) is 5.69 Å². The fraction of sp³-hybridized carbons (Fsp3) is 0.190. The minimum atomic E-state index is -0.221. The van der Waals surface area contributed by atoms with Gasteiger partial charge in [-0.2, -0.15) is 0 Å². The second kappa shape index (κ2) is 8.64. The number of hydrogen-bond acceptors (Lipinski definition) is 4. The van der Waals surface area contributed by atoms with Crippen LogP contribution in [0.3, 0.4) is 0 Å². The van der Waals surface area contributed by atoms with Gasteiger partial charge in [0.15, 0.2) is 0 Å². The zero-order valence-electron chi connectivity index (χ0n) is 15.3. The van der Waals surface area contributed by atoms with E-state index in [1.54, 1.807) is 6.07 Å². The van der Waals surface area contributed by atoms with Gasteiger partial charge in [-0.25, -0.2) is 9.97 Å². The standard InChI is InChI=1S/C21H21ClN4O/c1-14-8-9-17(13-18(14)22)25-21-24-15(2)12-19(26-21)20(27)23-11-10-16-6-4-3-5-7-16/h3-9,12-13H,10-11H2,1-2H3,(H,23,27)(H,24,25,26). The molecule has 2 N–H and O–H groups in total. The molecule has 0 unspecified atom stereocenters. The van der Waals surface area contributed by atoms with Crippen molar-refractivity contribution in [1.82, 2.24) is 15.3 Å². The van der Waals surface area contributed by atoms with Crippen molar-refractivity contribution < 1.29 is 4.79 Å². The number of rotatable bonds is 6. The Kier molecular flexibility index (Phi) is 6.04. The number of nitrogens with one attached hydrogen (secondary N) is 2. The molecule has 0 spiro atoms. The first-order chi connectivity index (χ1) is 13.0. The number of halogens is 1. The van der Waals surface area contributed by atoms with E-state index in [1.807, 2.05) is 62.4 Å². The highest BCUT2D eigenvalue weighted by molar-refractivity contribution is 6.31. The monoisotopic (exact) mass is 380 g/mol. The predicted molar refractivity (Wildman–Crippen MR) is 109 cm³/mol. The van der Waals surface area contributed by atoms with Crippen LogP contribution in [-0.2, 0) is 6.42 Å². The Hall–Kier alpha value is -2.92. The highest BCUT2D eigenvalue weighted by atomic mass is 35.5. The van der Waals surface area contributed by atoms with Crippen molar-refractivity contribution in [3.8, 4) is 0 Å². The van der Waals surface area contributed by atoms with Crippen molar-refractivity contribution in [2.75, 3.05) is 11.9 Å². The molecule has 1 heterocycles. The Bertz CT molecular complexity index is 944. The van der Waals surface area contributed by atoms with Gasteiger partial charge in [0.05, 0.1) is 0 Å². The number of anilines is 2. The van der Waals surface area contributed by atoms with Gasteiger partial charge in [0.2, 0.25) is 5.95 Å². The average Bonchev–Trinajstić information content (AvgIpc) is 2.65. The molecule has 2 aromatic carbocycles. The summed E-state index contributed by atoms with van der Waals surface area (Å²) in [5.41, 5.74) is 3.97. The molecule has 0 atom stereocenters. The molecule has 3 aromatic rings. The summed E-state index contributed by atoms with van der Waals surface area (Å²) in [5, 5.41) is 6.67. The molecule has 5 nitrogen and oxygen atoms in total. The van der Waals surface area contributed by atoms with Gasteiger partial charge in [-0.1, -0.05) is 48.0 Å². The molecular formula is C21H21ClN4O. The SMILES string of the molecule is Cc1cc(C(=O)NCCc2ccccc2)nc(Nc2ccc(C)c(Cl)c2)n1. The third-order valence-electron chi connectivity index (χ3n) is 4.06. The van der Waals surface area contributed by atoms with Gasteiger partial charge in [-0.3, -0.25) is 4.79 Å². The maximum atomic E-state index is 12.4. The highest BCUT2D eigenvalue weighted by Crippen LogP contribution is 2.22. The number of aryl methyl sites for hydroxylation is 2. The third-order valence-corrected chi connectivity index (χ3v) is 4.46. The molecule has 0 fully saturated rings. The Balaban J connectivity index is 1.66. The van der Waals surface area contributed by atoms with E-state index in [0.29, 0.717) is 28.9 Å². The van der Waals surface area contributed by atoms with E-state index in [9.17, 15) is 4.79 Å². The molecule has 3 rings (SSSR count). The van der Waals surface area contributed by atoms with Crippen molar-refractivity contribution in [3.63, 3.8) is 0 Å². The Morgan fingerprint density at radius 1 is 1.04 bits per heavy atom. The quantitative estimate of drug-likeness (QED) is 0.662. The van der Waals surface area contributed by atoms with Crippen molar-refractivity contribution in [2.24, 2.45) is 0 Å². The van der Waals surface area contributed by atoms with E-state index in [1.165, 1.54) is 5.56 Å². The molecule has 0 saturated carbocycles. The number of carbonyl (C=O) groups is 1. The van der Waals surface area contributed by atoms with Gasteiger partial charge in [-0.15, -0.1) is 0 Å². The summed E-state index contributed by atoms with van der Waals surface area (Å²) < 4.78 is 0. The third kappa shape index (κ3) is 5.28. The molecule has 1 amide bonds. The van der Waals surface area contributed by atoms with Crippen molar-refractivity contribution >= 4 is 29.1 Å². The Morgan fingerprint density at radius 2 is 1.81 bits per heavy atom. The van der Waals surface area contributed by atoms with Crippen LogP contribution < -0.4 is 10.6 Å². The highest BCUT2D eigenvalue weighted by Gasteiger charge is 2.11. The molecule has 0 bridgehead atoms. The van der Waals surface area contributed by atoms with E-state index >= 15 is 0 Å². The van der Waals surface area contributed by atoms with Crippen LogP contribution in [0, 0.1) is 13.8 Å². The first-order valence-electron chi connectivity index (χ1n) is 8.72. The summed E-state index contributed by atoms with van der Waals surface area (Å²) >= 11 is 6.16. The van der Waals surface area contributed by atoms with Gasteiger partial charge in [0, 0.05) is 22.9 Å². The van der Waals surface area contributed by atoms with E-state index < -0.39 is 0 Å². The number of aromatic nitrogens is 2. The molecule has 0 aliphatic rings. The molecule has 0 saturated heterocycles. The molecule has 138 valence electrons. The average molecular weight is 381 g/mol. The summed E-state index contributed by atoms with van der Waals surface area (Å²) in [7, 11) is 0. The number of carbonyl (C=O) groups excluding carboxylic acids is 1. The fourth-order valence-electron chi connectivity index (χ4n) is 2.60. The lowest BCUT2D eigenvalue weighted by Gasteiger charge is -2.10. The predicted octanol–water partition coefficient (Wildman–Crippen LogP) is 4.46. The smallest absolute Gasteiger partial charge is 0.270 e. The molecule has 27 heavy (non-hydrogen) atoms. The van der Waals surface area contributed by atoms with E-state index in [4.69, 9.17) is 11.6 Å². The van der Waals surface area contributed by atoms with Crippen LogP contribution in [0.15, 0.2) is 54.6 Å². The minimum absolute atomic E-state index is 0.221. The molecule has 0 aliphatic heterocycles. The first kappa shape index (κ1) is 18.9. The lowest BCUT2D eigenvalue weighted by atomic mass is 10.1. The van der Waals surface area contributed by atoms with Crippen LogP contribution >= 0.6 is 11.6 Å². The van der Waals surface area contributed by atoms with Crippen LogP contribution in [0.1, 0.15) is 27.3 Å². The zero-order chi connectivity index (χ0) is 19.2. The molecule has 6 heteroatoms. The fourth-order valence-corrected chi connectivity index (χ4v) is 2.78. The van der Waals surface area contributed by atoms with Gasteiger partial charge >= 0.3 is 0 Å².